The van der Waals surface area contributed by atoms with E-state index in [0.29, 0.717) is 6.54 Å². The molecule has 0 aromatic heterocycles. The number of thiocarbonyl (C=S) groups is 1. The molecule has 0 heterocycles. The minimum Gasteiger partial charge on any atom is -0.393 e. The Bertz CT molecular complexity index is 246. The van der Waals surface area contributed by atoms with Gasteiger partial charge in [0, 0.05) is 19.5 Å². The molecule has 0 saturated heterocycles. The van der Waals surface area contributed by atoms with Gasteiger partial charge in [0.05, 0.1) is 11.5 Å². The average molecular weight is 274 g/mol. The van der Waals surface area contributed by atoms with E-state index in [9.17, 15) is 17.6 Å². The van der Waals surface area contributed by atoms with E-state index in [1.54, 1.807) is 0 Å². The summed E-state index contributed by atoms with van der Waals surface area (Å²) in [6, 6.07) is 0. The van der Waals surface area contributed by atoms with Crippen LogP contribution in [0.3, 0.4) is 0 Å². The summed E-state index contributed by atoms with van der Waals surface area (Å²) < 4.78 is 50.0. The van der Waals surface area contributed by atoms with E-state index >= 15 is 0 Å². The highest BCUT2D eigenvalue weighted by Crippen LogP contribution is 2.24. The number of hydrogen-bond donors (Lipinski definition) is 1. The maximum absolute atomic E-state index is 12.9. The van der Waals surface area contributed by atoms with Crippen LogP contribution in [0.15, 0.2) is 0 Å². The van der Waals surface area contributed by atoms with Gasteiger partial charge in [0.1, 0.15) is 0 Å². The van der Waals surface area contributed by atoms with Gasteiger partial charge in [0.15, 0.2) is 0 Å². The Morgan fingerprint density at radius 2 is 1.88 bits per heavy atom. The molecule has 0 amide bonds. The summed E-state index contributed by atoms with van der Waals surface area (Å²) >= 11 is 4.64. The van der Waals surface area contributed by atoms with E-state index in [1.165, 1.54) is 4.90 Å². The quantitative estimate of drug-likeness (QED) is 0.545. The van der Waals surface area contributed by atoms with Crippen molar-refractivity contribution in [3.8, 4) is 0 Å². The normalized spacial score (nSPS) is 12.8. The molecular weight excluding hydrogens is 256 g/mol. The summed E-state index contributed by atoms with van der Waals surface area (Å²) in [6.07, 6.45) is -3.40. The zero-order chi connectivity index (χ0) is 13.6. The summed E-state index contributed by atoms with van der Waals surface area (Å²) in [5, 5.41) is 0. The second kappa shape index (κ2) is 7.10. The molecule has 17 heavy (non-hydrogen) atoms. The predicted molar refractivity (Wildman–Crippen MR) is 63.6 cm³/mol. The number of nitrogens with zero attached hydrogens (tertiary/aromatic N) is 1. The van der Waals surface area contributed by atoms with Gasteiger partial charge in [-0.15, -0.1) is 0 Å². The largest absolute Gasteiger partial charge is 0.393 e. The summed E-state index contributed by atoms with van der Waals surface area (Å²) in [6.45, 7) is 3.18. The Labute approximate surface area is 104 Å². The van der Waals surface area contributed by atoms with Crippen LogP contribution in [-0.2, 0) is 0 Å². The molecule has 0 aliphatic carbocycles. The third-order valence-corrected chi connectivity index (χ3v) is 2.26. The van der Waals surface area contributed by atoms with E-state index < -0.39 is 18.9 Å². The number of nitrogens with two attached hydrogens (primary N) is 1. The minimum absolute atomic E-state index is 0.106. The number of rotatable bonds is 8. The Morgan fingerprint density at radius 1 is 1.35 bits per heavy atom. The van der Waals surface area contributed by atoms with Crippen LogP contribution < -0.4 is 5.73 Å². The topological polar surface area (TPSA) is 29.3 Å². The van der Waals surface area contributed by atoms with Gasteiger partial charge in [-0.05, 0) is 5.92 Å². The Hall–Kier alpha value is -0.430. The van der Waals surface area contributed by atoms with Crippen LogP contribution in [0.5, 0.6) is 0 Å². The first-order chi connectivity index (χ1) is 7.65. The van der Waals surface area contributed by atoms with Crippen molar-refractivity contribution in [2.45, 2.75) is 32.6 Å². The Morgan fingerprint density at radius 3 is 2.24 bits per heavy atom. The highest BCUT2D eigenvalue weighted by atomic mass is 32.1. The second-order valence-electron chi connectivity index (χ2n) is 4.41. The van der Waals surface area contributed by atoms with E-state index in [0.717, 1.165) is 0 Å². The Kier molecular flexibility index (Phi) is 6.92. The minimum atomic E-state index is -3.99. The van der Waals surface area contributed by atoms with E-state index in [4.69, 9.17) is 5.73 Å². The second-order valence-corrected chi connectivity index (χ2v) is 4.93. The summed E-state index contributed by atoms with van der Waals surface area (Å²) in [5.74, 6) is -3.89. The molecule has 0 saturated carbocycles. The lowest BCUT2D eigenvalue weighted by Gasteiger charge is -2.28. The van der Waals surface area contributed by atoms with E-state index in [-0.39, 0.29) is 23.9 Å². The van der Waals surface area contributed by atoms with Gasteiger partial charge < -0.3 is 5.73 Å². The molecule has 0 atom stereocenters. The molecule has 0 aliphatic rings. The fourth-order valence-electron chi connectivity index (χ4n) is 1.39. The molecule has 0 unspecified atom stereocenters. The fourth-order valence-corrected chi connectivity index (χ4v) is 1.48. The molecule has 0 aliphatic heterocycles. The van der Waals surface area contributed by atoms with Crippen molar-refractivity contribution in [2.24, 2.45) is 11.7 Å². The highest BCUT2D eigenvalue weighted by molar-refractivity contribution is 7.80. The van der Waals surface area contributed by atoms with Crippen molar-refractivity contribution in [1.82, 2.24) is 4.90 Å². The molecule has 2 nitrogen and oxygen atoms in total. The van der Waals surface area contributed by atoms with Gasteiger partial charge in [-0.2, -0.15) is 8.78 Å². The number of hydrogen-bond acceptors (Lipinski definition) is 2. The van der Waals surface area contributed by atoms with Crippen LogP contribution >= 0.6 is 12.2 Å². The smallest absolute Gasteiger partial charge is 0.319 e. The van der Waals surface area contributed by atoms with E-state index in [2.05, 4.69) is 12.2 Å². The van der Waals surface area contributed by atoms with Gasteiger partial charge in [0.2, 0.25) is 0 Å². The van der Waals surface area contributed by atoms with E-state index in [1.807, 2.05) is 13.8 Å². The maximum Gasteiger partial charge on any atom is 0.319 e. The van der Waals surface area contributed by atoms with Crippen LogP contribution in [0.25, 0.3) is 0 Å². The lowest BCUT2D eigenvalue weighted by molar-refractivity contribution is -0.142. The van der Waals surface area contributed by atoms with Crippen molar-refractivity contribution in [3.05, 3.63) is 0 Å². The van der Waals surface area contributed by atoms with Crippen LogP contribution in [0.2, 0.25) is 0 Å². The maximum atomic E-state index is 12.9. The SMILES string of the molecule is CC(C)CN(CCC(N)=S)CC(F)(F)C(F)F. The summed E-state index contributed by atoms with van der Waals surface area (Å²) in [5.41, 5.74) is 5.26. The molecule has 0 fully saturated rings. The van der Waals surface area contributed by atoms with Crippen molar-refractivity contribution in [3.63, 3.8) is 0 Å². The van der Waals surface area contributed by atoms with Crippen molar-refractivity contribution >= 4 is 17.2 Å². The fraction of sp³-hybridized carbons (Fsp3) is 0.900. The van der Waals surface area contributed by atoms with Crippen molar-refractivity contribution < 1.29 is 17.6 Å². The van der Waals surface area contributed by atoms with Crippen LogP contribution in [0, 0.1) is 5.92 Å². The van der Waals surface area contributed by atoms with Gasteiger partial charge in [-0.1, -0.05) is 26.1 Å². The monoisotopic (exact) mass is 274 g/mol. The molecule has 0 spiro atoms. The summed E-state index contributed by atoms with van der Waals surface area (Å²) in [7, 11) is 0. The number of alkyl halides is 4. The lowest BCUT2D eigenvalue weighted by atomic mass is 10.2. The molecule has 0 bridgehead atoms. The third kappa shape index (κ3) is 7.49. The highest BCUT2D eigenvalue weighted by Gasteiger charge is 2.42. The van der Waals surface area contributed by atoms with Crippen LogP contribution in [-0.4, -0.2) is 41.9 Å². The molecule has 0 radical (unpaired) electrons. The molecular formula is C10H18F4N2S. The van der Waals surface area contributed by atoms with Gasteiger partial charge >= 0.3 is 12.3 Å². The van der Waals surface area contributed by atoms with Crippen molar-refractivity contribution in [1.29, 1.82) is 0 Å². The average Bonchev–Trinajstić information content (AvgIpc) is 2.12. The van der Waals surface area contributed by atoms with Crippen LogP contribution in [0.1, 0.15) is 20.3 Å². The first kappa shape index (κ1) is 16.6. The molecule has 0 aromatic carbocycles. The zero-order valence-corrected chi connectivity index (χ0v) is 10.7. The summed E-state index contributed by atoms with van der Waals surface area (Å²) in [4.78, 5) is 1.47. The zero-order valence-electron chi connectivity index (χ0n) is 9.93. The standard InChI is InChI=1S/C10H18F4N2S/c1-7(2)5-16(4-3-8(15)17)6-10(13,14)9(11)12/h7,9H,3-6H2,1-2H3,(H2,15,17). The van der Waals surface area contributed by atoms with Crippen molar-refractivity contribution in [2.75, 3.05) is 19.6 Å². The molecule has 0 aromatic rings. The van der Waals surface area contributed by atoms with Gasteiger partial charge in [-0.25, -0.2) is 8.78 Å². The Balaban J connectivity index is 4.42. The lowest BCUT2D eigenvalue weighted by Crippen LogP contribution is -2.44. The predicted octanol–water partition coefficient (Wildman–Crippen LogP) is 2.52. The van der Waals surface area contributed by atoms with Gasteiger partial charge in [-0.3, -0.25) is 4.90 Å². The molecule has 2 N–H and O–H groups in total. The molecule has 102 valence electrons. The first-order valence-corrected chi connectivity index (χ1v) is 5.72. The molecule has 7 heteroatoms. The number of halogens is 4. The van der Waals surface area contributed by atoms with Crippen LogP contribution in [0.4, 0.5) is 17.6 Å². The third-order valence-electron chi connectivity index (χ3n) is 2.05. The molecule has 0 rings (SSSR count). The first-order valence-electron chi connectivity index (χ1n) is 5.31. The van der Waals surface area contributed by atoms with Gasteiger partial charge in [0.25, 0.3) is 0 Å².